The molecule has 0 aliphatic rings. The summed E-state index contributed by atoms with van der Waals surface area (Å²) >= 11 is 0. The van der Waals surface area contributed by atoms with Gasteiger partial charge in [-0.05, 0) is 42.9 Å². The Balaban J connectivity index is 1.95. The predicted octanol–water partition coefficient (Wildman–Crippen LogP) is 2.88. The van der Waals surface area contributed by atoms with Gasteiger partial charge in [0.15, 0.2) is 11.6 Å². The van der Waals surface area contributed by atoms with Gasteiger partial charge < -0.3 is 15.3 Å². The normalized spacial score (nSPS) is 11.0. The summed E-state index contributed by atoms with van der Waals surface area (Å²) in [6, 6.07) is 12.7. The third-order valence-corrected chi connectivity index (χ3v) is 3.26. The Morgan fingerprint density at radius 1 is 1.05 bits per heavy atom. The average molecular weight is 288 g/mol. The highest BCUT2D eigenvalue weighted by molar-refractivity contribution is 5.29. The van der Waals surface area contributed by atoms with Gasteiger partial charge in [0.1, 0.15) is 0 Å². The molecule has 0 atom stereocenters. The molecular weight excluding hydrogens is 267 g/mol. The zero-order chi connectivity index (χ0) is 15.2. The lowest BCUT2D eigenvalue weighted by atomic mass is 10.1. The summed E-state index contributed by atoms with van der Waals surface area (Å²) in [5.74, 6) is -0.891. The molecule has 21 heavy (non-hydrogen) atoms. The van der Waals surface area contributed by atoms with E-state index < -0.39 is 5.82 Å². The van der Waals surface area contributed by atoms with E-state index in [1.54, 1.807) is 6.07 Å². The highest BCUT2D eigenvalue weighted by Gasteiger charge is 2.04. The fourth-order valence-electron chi connectivity index (χ4n) is 2.23. The Morgan fingerprint density at radius 3 is 2.43 bits per heavy atom. The molecule has 0 radical (unpaired) electrons. The fourth-order valence-corrected chi connectivity index (χ4v) is 2.23. The van der Waals surface area contributed by atoms with Crippen molar-refractivity contribution in [1.82, 2.24) is 10.2 Å². The van der Waals surface area contributed by atoms with Gasteiger partial charge >= 0.3 is 0 Å². The third-order valence-electron chi connectivity index (χ3n) is 3.26. The van der Waals surface area contributed by atoms with Crippen LogP contribution in [-0.2, 0) is 19.6 Å². The zero-order valence-corrected chi connectivity index (χ0v) is 12.4. The van der Waals surface area contributed by atoms with Crippen molar-refractivity contribution in [2.75, 3.05) is 14.1 Å². The number of hydrogen-bond donors (Lipinski definition) is 2. The first-order chi connectivity index (χ1) is 10.1. The van der Waals surface area contributed by atoms with Gasteiger partial charge in [0.2, 0.25) is 0 Å². The SMILES string of the molecule is CN(C)Cc1ccccc1CNCc1ccc(O)c(F)c1. The highest BCUT2D eigenvalue weighted by atomic mass is 19.1. The summed E-state index contributed by atoms with van der Waals surface area (Å²) in [4.78, 5) is 2.13. The van der Waals surface area contributed by atoms with Crippen LogP contribution in [0.2, 0.25) is 0 Å². The van der Waals surface area contributed by atoms with Crippen LogP contribution in [0.4, 0.5) is 4.39 Å². The number of nitrogens with zero attached hydrogens (tertiary/aromatic N) is 1. The molecule has 2 aromatic carbocycles. The number of benzene rings is 2. The van der Waals surface area contributed by atoms with Crippen LogP contribution < -0.4 is 5.32 Å². The van der Waals surface area contributed by atoms with E-state index >= 15 is 0 Å². The molecule has 4 heteroatoms. The van der Waals surface area contributed by atoms with Gasteiger partial charge in [-0.15, -0.1) is 0 Å². The molecule has 0 aliphatic carbocycles. The van der Waals surface area contributed by atoms with Crippen molar-refractivity contribution in [3.63, 3.8) is 0 Å². The highest BCUT2D eigenvalue weighted by Crippen LogP contribution is 2.16. The standard InChI is InChI=1S/C17H21FN2O/c1-20(2)12-15-6-4-3-5-14(15)11-19-10-13-7-8-17(21)16(18)9-13/h3-9,19,21H,10-12H2,1-2H3. The summed E-state index contributed by atoms with van der Waals surface area (Å²) in [5.41, 5.74) is 3.34. The predicted molar refractivity (Wildman–Crippen MR) is 82.4 cm³/mol. The minimum Gasteiger partial charge on any atom is -0.505 e. The van der Waals surface area contributed by atoms with Crippen LogP contribution in [0.5, 0.6) is 5.75 Å². The van der Waals surface area contributed by atoms with E-state index in [-0.39, 0.29) is 5.75 Å². The number of phenolic OH excluding ortho intramolecular Hbond substituents is 1. The van der Waals surface area contributed by atoms with Gasteiger partial charge in [-0.25, -0.2) is 4.39 Å². The van der Waals surface area contributed by atoms with E-state index in [4.69, 9.17) is 5.11 Å². The zero-order valence-electron chi connectivity index (χ0n) is 12.4. The quantitative estimate of drug-likeness (QED) is 0.858. The largest absolute Gasteiger partial charge is 0.505 e. The first-order valence-corrected chi connectivity index (χ1v) is 6.96. The first-order valence-electron chi connectivity index (χ1n) is 6.96. The van der Waals surface area contributed by atoms with Gasteiger partial charge in [0, 0.05) is 19.6 Å². The van der Waals surface area contributed by atoms with E-state index in [0.717, 1.165) is 18.7 Å². The molecule has 0 fully saturated rings. The lowest BCUT2D eigenvalue weighted by molar-refractivity contribution is 0.400. The van der Waals surface area contributed by atoms with Crippen molar-refractivity contribution in [2.24, 2.45) is 0 Å². The van der Waals surface area contributed by atoms with Crippen LogP contribution in [0, 0.1) is 5.82 Å². The molecule has 0 unspecified atom stereocenters. The summed E-state index contributed by atoms with van der Waals surface area (Å²) in [6.07, 6.45) is 0. The third kappa shape index (κ3) is 4.55. The van der Waals surface area contributed by atoms with Gasteiger partial charge in [-0.1, -0.05) is 30.3 Å². The molecule has 0 saturated carbocycles. The lowest BCUT2D eigenvalue weighted by Gasteiger charge is -2.14. The average Bonchev–Trinajstić information content (AvgIpc) is 2.44. The van der Waals surface area contributed by atoms with Crippen molar-refractivity contribution < 1.29 is 9.50 Å². The van der Waals surface area contributed by atoms with Crippen LogP contribution in [-0.4, -0.2) is 24.1 Å². The Labute approximate surface area is 125 Å². The molecule has 2 N–H and O–H groups in total. The lowest BCUT2D eigenvalue weighted by Crippen LogP contribution is -2.17. The summed E-state index contributed by atoms with van der Waals surface area (Å²) in [7, 11) is 4.09. The summed E-state index contributed by atoms with van der Waals surface area (Å²) in [5, 5.41) is 12.5. The smallest absolute Gasteiger partial charge is 0.165 e. The van der Waals surface area contributed by atoms with E-state index in [2.05, 4.69) is 22.3 Å². The second-order valence-corrected chi connectivity index (χ2v) is 5.40. The molecule has 0 amide bonds. The van der Waals surface area contributed by atoms with E-state index in [1.165, 1.54) is 23.3 Å². The number of halogens is 1. The van der Waals surface area contributed by atoms with Crippen LogP contribution in [0.25, 0.3) is 0 Å². The van der Waals surface area contributed by atoms with Crippen LogP contribution in [0.15, 0.2) is 42.5 Å². The molecule has 0 bridgehead atoms. The molecule has 0 aliphatic heterocycles. The Hall–Kier alpha value is -1.91. The minimum atomic E-state index is -0.581. The Kier molecular flexibility index (Phi) is 5.31. The number of aromatic hydroxyl groups is 1. The Bertz CT molecular complexity index is 599. The molecule has 2 aromatic rings. The maximum absolute atomic E-state index is 13.3. The molecule has 0 spiro atoms. The number of nitrogens with one attached hydrogen (secondary N) is 1. The second-order valence-electron chi connectivity index (χ2n) is 5.40. The monoisotopic (exact) mass is 288 g/mol. The Morgan fingerprint density at radius 2 is 1.76 bits per heavy atom. The van der Waals surface area contributed by atoms with E-state index in [9.17, 15) is 4.39 Å². The van der Waals surface area contributed by atoms with Gasteiger partial charge in [-0.2, -0.15) is 0 Å². The fraction of sp³-hybridized carbons (Fsp3) is 0.294. The first kappa shape index (κ1) is 15.5. The van der Waals surface area contributed by atoms with Crippen molar-refractivity contribution in [3.8, 4) is 5.75 Å². The van der Waals surface area contributed by atoms with Crippen LogP contribution >= 0.6 is 0 Å². The maximum atomic E-state index is 13.3. The molecule has 2 rings (SSSR count). The number of hydrogen-bond acceptors (Lipinski definition) is 3. The molecular formula is C17H21FN2O. The van der Waals surface area contributed by atoms with Crippen LogP contribution in [0.1, 0.15) is 16.7 Å². The van der Waals surface area contributed by atoms with Gasteiger partial charge in [0.25, 0.3) is 0 Å². The van der Waals surface area contributed by atoms with Crippen molar-refractivity contribution >= 4 is 0 Å². The second kappa shape index (κ2) is 7.20. The van der Waals surface area contributed by atoms with E-state index in [0.29, 0.717) is 6.54 Å². The molecule has 112 valence electrons. The van der Waals surface area contributed by atoms with Crippen molar-refractivity contribution in [3.05, 3.63) is 65.0 Å². The van der Waals surface area contributed by atoms with E-state index in [1.807, 2.05) is 26.2 Å². The summed E-state index contributed by atoms with van der Waals surface area (Å²) < 4.78 is 13.3. The molecule has 3 nitrogen and oxygen atoms in total. The van der Waals surface area contributed by atoms with Crippen molar-refractivity contribution in [2.45, 2.75) is 19.6 Å². The van der Waals surface area contributed by atoms with Gasteiger partial charge in [-0.3, -0.25) is 0 Å². The topological polar surface area (TPSA) is 35.5 Å². The minimum absolute atomic E-state index is 0.310. The number of rotatable bonds is 6. The molecule has 0 heterocycles. The van der Waals surface area contributed by atoms with Crippen molar-refractivity contribution in [1.29, 1.82) is 0 Å². The van der Waals surface area contributed by atoms with Crippen LogP contribution in [0.3, 0.4) is 0 Å². The molecule has 0 aromatic heterocycles. The number of phenols is 1. The molecule has 0 saturated heterocycles. The maximum Gasteiger partial charge on any atom is 0.165 e. The van der Waals surface area contributed by atoms with Gasteiger partial charge in [0.05, 0.1) is 0 Å². The summed E-state index contributed by atoms with van der Waals surface area (Å²) in [6.45, 7) is 2.19.